The average molecular weight is 425 g/mol. The monoisotopic (exact) mass is 425 g/mol. The number of ether oxygens (including phenoxy) is 3. The molecule has 0 atom stereocenters. The number of carbonyl (C=O) groups is 1. The molecular formula is C21H19N3O5S. The fourth-order valence-corrected chi connectivity index (χ4v) is 4.34. The number of methoxy groups -OCH3 is 3. The normalized spacial score (nSPS) is 10.9. The largest absolute Gasteiger partial charge is 0.493 e. The SMILES string of the molecule is COc1cc(NC(=O)Cn2cnc3c(sc4ccccc43)c2=O)cc(OC)c1OC. The minimum Gasteiger partial charge on any atom is -0.493 e. The van der Waals surface area contributed by atoms with Crippen molar-refractivity contribution in [2.24, 2.45) is 0 Å². The lowest BCUT2D eigenvalue weighted by Gasteiger charge is -2.14. The van der Waals surface area contributed by atoms with Gasteiger partial charge in [0.1, 0.15) is 11.2 Å². The van der Waals surface area contributed by atoms with Gasteiger partial charge in [0.2, 0.25) is 11.7 Å². The molecule has 0 aliphatic heterocycles. The summed E-state index contributed by atoms with van der Waals surface area (Å²) >= 11 is 1.37. The van der Waals surface area contributed by atoms with Crippen molar-refractivity contribution >= 4 is 43.2 Å². The van der Waals surface area contributed by atoms with Gasteiger partial charge in [0, 0.05) is 27.9 Å². The zero-order valence-corrected chi connectivity index (χ0v) is 17.4. The average Bonchev–Trinajstić information content (AvgIpc) is 3.14. The summed E-state index contributed by atoms with van der Waals surface area (Å²) in [6.07, 6.45) is 1.40. The number of amides is 1. The number of nitrogens with zero attached hydrogens (tertiary/aromatic N) is 2. The zero-order valence-electron chi connectivity index (χ0n) is 16.6. The Bertz CT molecular complexity index is 1290. The number of hydrogen-bond donors (Lipinski definition) is 1. The van der Waals surface area contributed by atoms with Gasteiger partial charge in [-0.25, -0.2) is 4.98 Å². The van der Waals surface area contributed by atoms with E-state index in [4.69, 9.17) is 14.2 Å². The Hall–Kier alpha value is -3.59. The highest BCUT2D eigenvalue weighted by Crippen LogP contribution is 2.39. The lowest BCUT2D eigenvalue weighted by atomic mass is 10.2. The van der Waals surface area contributed by atoms with Crippen LogP contribution in [0.1, 0.15) is 0 Å². The van der Waals surface area contributed by atoms with Gasteiger partial charge < -0.3 is 19.5 Å². The van der Waals surface area contributed by atoms with E-state index >= 15 is 0 Å². The van der Waals surface area contributed by atoms with E-state index in [-0.39, 0.29) is 18.0 Å². The van der Waals surface area contributed by atoms with Gasteiger partial charge in [-0.2, -0.15) is 0 Å². The molecule has 4 rings (SSSR count). The maximum absolute atomic E-state index is 12.9. The van der Waals surface area contributed by atoms with Crippen molar-refractivity contribution in [2.75, 3.05) is 26.6 Å². The molecule has 0 bridgehead atoms. The van der Waals surface area contributed by atoms with Gasteiger partial charge in [-0.1, -0.05) is 18.2 Å². The number of hydrogen-bond acceptors (Lipinski definition) is 7. The van der Waals surface area contributed by atoms with Gasteiger partial charge in [0.15, 0.2) is 11.5 Å². The van der Waals surface area contributed by atoms with E-state index in [0.717, 1.165) is 10.1 Å². The Morgan fingerprint density at radius 2 is 1.80 bits per heavy atom. The van der Waals surface area contributed by atoms with Crippen molar-refractivity contribution in [2.45, 2.75) is 6.54 Å². The number of carbonyl (C=O) groups excluding carboxylic acids is 1. The van der Waals surface area contributed by atoms with Gasteiger partial charge >= 0.3 is 0 Å². The van der Waals surface area contributed by atoms with Crippen LogP contribution in [0.5, 0.6) is 17.2 Å². The van der Waals surface area contributed by atoms with Crippen LogP contribution in [-0.4, -0.2) is 36.8 Å². The Balaban J connectivity index is 1.61. The zero-order chi connectivity index (χ0) is 21.3. The molecule has 2 aromatic carbocycles. The van der Waals surface area contributed by atoms with Crippen molar-refractivity contribution < 1.29 is 19.0 Å². The fourth-order valence-electron chi connectivity index (χ4n) is 3.24. The molecule has 8 nitrogen and oxygen atoms in total. The Labute approximate surface area is 175 Å². The highest BCUT2D eigenvalue weighted by atomic mass is 32.1. The molecule has 9 heteroatoms. The summed E-state index contributed by atoms with van der Waals surface area (Å²) in [7, 11) is 4.49. The van der Waals surface area contributed by atoms with Crippen LogP contribution in [0, 0.1) is 0 Å². The molecule has 154 valence electrons. The first-order valence-corrected chi connectivity index (χ1v) is 9.84. The molecule has 0 aliphatic carbocycles. The molecule has 0 saturated carbocycles. The molecule has 0 saturated heterocycles. The van der Waals surface area contributed by atoms with E-state index in [1.807, 2.05) is 24.3 Å². The molecule has 2 heterocycles. The number of nitrogens with one attached hydrogen (secondary N) is 1. The second kappa shape index (κ2) is 8.03. The van der Waals surface area contributed by atoms with Crippen LogP contribution in [0.4, 0.5) is 5.69 Å². The lowest BCUT2D eigenvalue weighted by Crippen LogP contribution is -2.27. The van der Waals surface area contributed by atoms with Crippen LogP contribution in [0.3, 0.4) is 0 Å². The minimum absolute atomic E-state index is 0.174. The molecule has 0 spiro atoms. The van der Waals surface area contributed by atoms with Crippen molar-refractivity contribution in [1.82, 2.24) is 9.55 Å². The molecule has 0 unspecified atom stereocenters. The minimum atomic E-state index is -0.381. The summed E-state index contributed by atoms with van der Waals surface area (Å²) in [6.45, 7) is -0.174. The maximum atomic E-state index is 12.9. The third kappa shape index (κ3) is 3.43. The van der Waals surface area contributed by atoms with Crippen LogP contribution in [0.2, 0.25) is 0 Å². The molecule has 4 aromatic rings. The van der Waals surface area contributed by atoms with Crippen LogP contribution in [0.15, 0.2) is 47.5 Å². The highest BCUT2D eigenvalue weighted by molar-refractivity contribution is 7.25. The topological polar surface area (TPSA) is 91.7 Å². The van der Waals surface area contributed by atoms with Gasteiger partial charge in [0.05, 0.1) is 33.2 Å². The van der Waals surface area contributed by atoms with Crippen LogP contribution in [0.25, 0.3) is 20.3 Å². The molecule has 1 amide bonds. The van der Waals surface area contributed by atoms with Crippen LogP contribution >= 0.6 is 11.3 Å². The van der Waals surface area contributed by atoms with E-state index in [1.54, 1.807) is 12.1 Å². The summed E-state index contributed by atoms with van der Waals surface area (Å²) in [5.41, 5.74) is 0.863. The molecule has 0 radical (unpaired) electrons. The number of rotatable bonds is 6. The number of fused-ring (bicyclic) bond motifs is 3. The van der Waals surface area contributed by atoms with Crippen molar-refractivity contribution in [1.29, 1.82) is 0 Å². The molecule has 1 N–H and O–H groups in total. The van der Waals surface area contributed by atoms with Crippen molar-refractivity contribution in [3.8, 4) is 17.2 Å². The third-order valence-corrected chi connectivity index (χ3v) is 5.76. The quantitative estimate of drug-likeness (QED) is 0.510. The summed E-state index contributed by atoms with van der Waals surface area (Å²) in [4.78, 5) is 29.9. The molecule has 30 heavy (non-hydrogen) atoms. The standard InChI is InChI=1S/C21H19N3O5S/c1-27-14-8-12(9-15(28-2)19(14)29-3)23-17(25)10-24-11-22-18-13-6-4-5-7-16(13)30-20(18)21(24)26/h4-9,11H,10H2,1-3H3,(H,23,25). The predicted molar refractivity (Wildman–Crippen MR) is 116 cm³/mol. The van der Waals surface area contributed by atoms with Gasteiger partial charge in [0.25, 0.3) is 5.56 Å². The lowest BCUT2D eigenvalue weighted by molar-refractivity contribution is -0.116. The van der Waals surface area contributed by atoms with E-state index in [2.05, 4.69) is 10.3 Å². The maximum Gasteiger partial charge on any atom is 0.271 e. The molecule has 0 fully saturated rings. The summed E-state index contributed by atoms with van der Waals surface area (Å²) < 4.78 is 18.7. The third-order valence-electron chi connectivity index (χ3n) is 4.61. The van der Waals surface area contributed by atoms with E-state index in [0.29, 0.717) is 33.2 Å². The van der Waals surface area contributed by atoms with Crippen molar-refractivity contribution in [3.63, 3.8) is 0 Å². The number of anilines is 1. The summed E-state index contributed by atoms with van der Waals surface area (Å²) in [5.74, 6) is 0.873. The Morgan fingerprint density at radius 1 is 1.10 bits per heavy atom. The Kier molecular flexibility index (Phi) is 5.28. The van der Waals surface area contributed by atoms with Crippen molar-refractivity contribution in [3.05, 3.63) is 53.1 Å². The number of aromatic nitrogens is 2. The highest BCUT2D eigenvalue weighted by Gasteiger charge is 2.16. The molecule has 2 aromatic heterocycles. The van der Waals surface area contributed by atoms with Gasteiger partial charge in [-0.3, -0.25) is 14.2 Å². The van der Waals surface area contributed by atoms with E-state index in [1.165, 1.54) is 43.6 Å². The smallest absolute Gasteiger partial charge is 0.271 e. The second-order valence-electron chi connectivity index (χ2n) is 6.42. The first kappa shape index (κ1) is 19.7. The first-order valence-electron chi connectivity index (χ1n) is 9.02. The predicted octanol–water partition coefficient (Wildman–Crippen LogP) is 3.28. The van der Waals surface area contributed by atoms with Crippen LogP contribution < -0.4 is 25.1 Å². The first-order chi connectivity index (χ1) is 14.5. The summed E-state index contributed by atoms with van der Waals surface area (Å²) in [5, 5.41) is 3.69. The fraction of sp³-hybridized carbons (Fsp3) is 0.190. The van der Waals surface area contributed by atoms with Gasteiger partial charge in [-0.15, -0.1) is 11.3 Å². The van der Waals surface area contributed by atoms with E-state index in [9.17, 15) is 9.59 Å². The second-order valence-corrected chi connectivity index (χ2v) is 7.47. The number of benzene rings is 2. The molecular weight excluding hydrogens is 406 g/mol. The molecule has 0 aliphatic rings. The van der Waals surface area contributed by atoms with Gasteiger partial charge in [-0.05, 0) is 6.07 Å². The van der Waals surface area contributed by atoms with Crippen LogP contribution in [-0.2, 0) is 11.3 Å². The number of thiophene rings is 1. The van der Waals surface area contributed by atoms with E-state index < -0.39 is 0 Å². The Morgan fingerprint density at radius 3 is 2.47 bits per heavy atom. The summed E-state index contributed by atoms with van der Waals surface area (Å²) in [6, 6.07) is 10.9.